The van der Waals surface area contributed by atoms with Crippen LogP contribution in [0.15, 0.2) is 24.3 Å². The minimum Gasteiger partial charge on any atom is -0.177 e. The third kappa shape index (κ3) is 2.66. The second-order valence-electron chi connectivity index (χ2n) is 5.17. The van der Waals surface area contributed by atoms with E-state index in [1.165, 1.54) is 5.56 Å². The molecule has 0 radical (unpaired) electrons. The van der Waals surface area contributed by atoms with Crippen LogP contribution >= 0.6 is 0 Å². The lowest BCUT2D eigenvalue weighted by molar-refractivity contribution is 0.411. The Labute approximate surface area is 95.1 Å². The molecule has 0 unspecified atom stereocenters. The summed E-state index contributed by atoms with van der Waals surface area (Å²) in [4.78, 5) is 0. The lowest BCUT2D eigenvalue weighted by Gasteiger charge is -2.18. The Morgan fingerprint density at radius 1 is 1.25 bits per heavy atom. The van der Waals surface area contributed by atoms with E-state index in [-0.39, 0.29) is 5.41 Å². The molecule has 0 saturated carbocycles. The van der Waals surface area contributed by atoms with Gasteiger partial charge in [-0.1, -0.05) is 39.0 Å². The minimum atomic E-state index is 0.288. The molecule has 1 N–H and O–H groups in total. The van der Waals surface area contributed by atoms with E-state index in [9.17, 15) is 0 Å². The third-order valence-electron chi connectivity index (χ3n) is 2.26. The number of hydrogen-bond donors (Lipinski definition) is 1. The van der Waals surface area contributed by atoms with Gasteiger partial charge >= 0.3 is 0 Å². The van der Waals surface area contributed by atoms with E-state index in [1.54, 1.807) is 0 Å². The van der Waals surface area contributed by atoms with Crippen LogP contribution in [0.2, 0.25) is 0 Å². The first-order chi connectivity index (χ1) is 7.54. The van der Waals surface area contributed by atoms with E-state index in [2.05, 4.69) is 53.5 Å². The van der Waals surface area contributed by atoms with Crippen LogP contribution in [-0.2, 0) is 6.42 Å². The number of aromatic amines is 1. The van der Waals surface area contributed by atoms with Gasteiger partial charge in [0.25, 0.3) is 0 Å². The molecule has 0 bridgehead atoms. The maximum absolute atomic E-state index is 3.98. The number of H-pyrrole nitrogens is 1. The first kappa shape index (κ1) is 10.8. The van der Waals surface area contributed by atoms with Crippen LogP contribution in [0.4, 0.5) is 0 Å². The Kier molecular flexibility index (Phi) is 2.73. The maximum Gasteiger partial charge on any atom is 0.204 e. The topological polar surface area (TPSA) is 54.5 Å². The van der Waals surface area contributed by atoms with Crippen molar-refractivity contribution in [3.05, 3.63) is 29.8 Å². The SMILES string of the molecule is CC(C)(C)Cc1cccc(-c2nn[nH]n2)c1. The molecule has 0 aliphatic carbocycles. The van der Waals surface area contributed by atoms with Crippen LogP contribution in [0, 0.1) is 5.41 Å². The zero-order chi connectivity index (χ0) is 11.6. The molecule has 16 heavy (non-hydrogen) atoms. The normalized spacial score (nSPS) is 11.7. The number of nitrogens with one attached hydrogen (secondary N) is 1. The van der Waals surface area contributed by atoms with E-state index in [4.69, 9.17) is 0 Å². The summed E-state index contributed by atoms with van der Waals surface area (Å²) in [5, 5.41) is 14.0. The van der Waals surface area contributed by atoms with Gasteiger partial charge in [0.15, 0.2) is 0 Å². The van der Waals surface area contributed by atoms with Crippen molar-refractivity contribution < 1.29 is 0 Å². The number of hydrogen-bond acceptors (Lipinski definition) is 3. The molecule has 0 aliphatic rings. The quantitative estimate of drug-likeness (QED) is 0.839. The molecule has 0 fully saturated rings. The lowest BCUT2D eigenvalue weighted by Crippen LogP contribution is -2.09. The Morgan fingerprint density at radius 2 is 2.06 bits per heavy atom. The summed E-state index contributed by atoms with van der Waals surface area (Å²) in [5.41, 5.74) is 2.60. The first-order valence-electron chi connectivity index (χ1n) is 5.37. The van der Waals surface area contributed by atoms with Crippen LogP contribution in [0.3, 0.4) is 0 Å². The van der Waals surface area contributed by atoms with Crippen molar-refractivity contribution in [3.63, 3.8) is 0 Å². The van der Waals surface area contributed by atoms with E-state index in [0.29, 0.717) is 5.82 Å². The highest BCUT2D eigenvalue weighted by atomic mass is 15.5. The molecule has 0 saturated heterocycles. The van der Waals surface area contributed by atoms with Crippen molar-refractivity contribution in [2.24, 2.45) is 5.41 Å². The van der Waals surface area contributed by atoms with E-state index in [1.807, 2.05) is 12.1 Å². The predicted molar refractivity (Wildman–Crippen MR) is 62.8 cm³/mol. The van der Waals surface area contributed by atoms with Gasteiger partial charge in [-0.25, -0.2) is 0 Å². The zero-order valence-electron chi connectivity index (χ0n) is 9.86. The van der Waals surface area contributed by atoms with Gasteiger partial charge < -0.3 is 0 Å². The van der Waals surface area contributed by atoms with Crippen molar-refractivity contribution in [1.82, 2.24) is 20.6 Å². The molecular weight excluding hydrogens is 200 g/mol. The summed E-state index contributed by atoms with van der Waals surface area (Å²) in [6.45, 7) is 6.69. The van der Waals surface area contributed by atoms with Crippen LogP contribution in [-0.4, -0.2) is 20.6 Å². The highest BCUT2D eigenvalue weighted by Crippen LogP contribution is 2.23. The molecule has 84 valence electrons. The average molecular weight is 216 g/mol. The molecule has 2 aromatic rings. The summed E-state index contributed by atoms with van der Waals surface area (Å²) in [6.07, 6.45) is 1.04. The van der Waals surface area contributed by atoms with Gasteiger partial charge in [-0.15, -0.1) is 10.2 Å². The largest absolute Gasteiger partial charge is 0.204 e. The predicted octanol–water partition coefficient (Wildman–Crippen LogP) is 2.46. The molecule has 1 heterocycles. The molecule has 4 nitrogen and oxygen atoms in total. The highest BCUT2D eigenvalue weighted by molar-refractivity contribution is 5.54. The fraction of sp³-hybridized carbons (Fsp3) is 0.417. The molecule has 0 amide bonds. The van der Waals surface area contributed by atoms with Gasteiger partial charge in [0.2, 0.25) is 5.82 Å². The summed E-state index contributed by atoms with van der Waals surface area (Å²) in [7, 11) is 0. The number of rotatable bonds is 2. The molecule has 1 aromatic carbocycles. The van der Waals surface area contributed by atoms with Gasteiger partial charge in [-0.2, -0.15) is 5.21 Å². The average Bonchev–Trinajstić information content (AvgIpc) is 2.68. The van der Waals surface area contributed by atoms with Crippen molar-refractivity contribution in [2.45, 2.75) is 27.2 Å². The minimum absolute atomic E-state index is 0.288. The zero-order valence-corrected chi connectivity index (χ0v) is 9.86. The molecular formula is C12H16N4. The van der Waals surface area contributed by atoms with Crippen LogP contribution in [0.1, 0.15) is 26.3 Å². The number of tetrazole rings is 1. The summed E-state index contributed by atoms with van der Waals surface area (Å²) in [5.74, 6) is 0.649. The van der Waals surface area contributed by atoms with Crippen LogP contribution in [0.25, 0.3) is 11.4 Å². The Bertz CT molecular complexity index is 454. The maximum atomic E-state index is 3.98. The molecule has 0 aliphatic heterocycles. The Balaban J connectivity index is 2.27. The lowest BCUT2D eigenvalue weighted by atomic mass is 9.88. The monoisotopic (exact) mass is 216 g/mol. The van der Waals surface area contributed by atoms with Crippen molar-refractivity contribution >= 4 is 0 Å². The highest BCUT2D eigenvalue weighted by Gasteiger charge is 2.12. The Hall–Kier alpha value is -1.71. The summed E-state index contributed by atoms with van der Waals surface area (Å²) >= 11 is 0. The molecule has 0 atom stereocenters. The molecule has 4 heteroatoms. The second kappa shape index (κ2) is 4.04. The molecule has 0 spiro atoms. The fourth-order valence-corrected chi connectivity index (χ4v) is 1.72. The molecule has 1 aromatic heterocycles. The summed E-state index contributed by atoms with van der Waals surface area (Å²) < 4.78 is 0. The number of benzene rings is 1. The van der Waals surface area contributed by atoms with Crippen molar-refractivity contribution in [2.75, 3.05) is 0 Å². The van der Waals surface area contributed by atoms with Gasteiger partial charge in [0, 0.05) is 5.56 Å². The van der Waals surface area contributed by atoms with Gasteiger partial charge in [-0.05, 0) is 28.7 Å². The number of nitrogens with zero attached hydrogens (tertiary/aromatic N) is 3. The third-order valence-corrected chi connectivity index (χ3v) is 2.26. The van der Waals surface area contributed by atoms with E-state index >= 15 is 0 Å². The van der Waals surface area contributed by atoms with E-state index < -0.39 is 0 Å². The van der Waals surface area contributed by atoms with Crippen molar-refractivity contribution in [3.8, 4) is 11.4 Å². The smallest absolute Gasteiger partial charge is 0.177 e. The number of aromatic nitrogens is 4. The molecule has 2 rings (SSSR count). The van der Waals surface area contributed by atoms with Gasteiger partial charge in [0.1, 0.15) is 0 Å². The fourth-order valence-electron chi connectivity index (χ4n) is 1.72. The van der Waals surface area contributed by atoms with Crippen LogP contribution in [0.5, 0.6) is 0 Å². The second-order valence-corrected chi connectivity index (χ2v) is 5.17. The first-order valence-corrected chi connectivity index (χ1v) is 5.37. The standard InChI is InChI=1S/C12H16N4/c1-12(2,3)8-9-5-4-6-10(7-9)11-13-15-16-14-11/h4-7H,8H2,1-3H3,(H,13,14,15,16). The van der Waals surface area contributed by atoms with Crippen molar-refractivity contribution in [1.29, 1.82) is 0 Å². The Morgan fingerprint density at radius 3 is 2.69 bits per heavy atom. The van der Waals surface area contributed by atoms with Crippen LogP contribution < -0.4 is 0 Å². The summed E-state index contributed by atoms with van der Waals surface area (Å²) in [6, 6.07) is 8.29. The van der Waals surface area contributed by atoms with Gasteiger partial charge in [0.05, 0.1) is 0 Å². The van der Waals surface area contributed by atoms with E-state index in [0.717, 1.165) is 12.0 Å². The van der Waals surface area contributed by atoms with Gasteiger partial charge in [-0.3, -0.25) is 0 Å².